The molecule has 1 amide bonds. The Hall–Kier alpha value is -1.45. The standard InChI is InChI=1S/C14H19F2NO/c1-3-17(4-2)14(18)13-8-6-5-7-12(13)11(9-15)10-16/h5-8,11H,3-4,9-10H2,1-2H3. The van der Waals surface area contributed by atoms with Crippen LogP contribution in [0.5, 0.6) is 0 Å². The number of carbonyl (C=O) groups excluding carboxylic acids is 1. The summed E-state index contributed by atoms with van der Waals surface area (Å²) in [5, 5.41) is 0. The zero-order valence-corrected chi connectivity index (χ0v) is 10.8. The van der Waals surface area contributed by atoms with Crippen LogP contribution in [0.4, 0.5) is 8.78 Å². The highest BCUT2D eigenvalue weighted by molar-refractivity contribution is 5.95. The van der Waals surface area contributed by atoms with Crippen LogP contribution < -0.4 is 0 Å². The Bertz CT molecular complexity index is 387. The van der Waals surface area contributed by atoms with Crippen LogP contribution in [0.2, 0.25) is 0 Å². The van der Waals surface area contributed by atoms with Crippen LogP contribution in [0.15, 0.2) is 24.3 Å². The first-order chi connectivity index (χ1) is 8.69. The zero-order chi connectivity index (χ0) is 13.5. The van der Waals surface area contributed by atoms with Crippen molar-refractivity contribution in [1.82, 2.24) is 4.90 Å². The summed E-state index contributed by atoms with van der Waals surface area (Å²) < 4.78 is 25.6. The van der Waals surface area contributed by atoms with Crippen LogP contribution in [0.25, 0.3) is 0 Å². The summed E-state index contributed by atoms with van der Waals surface area (Å²) in [6.07, 6.45) is 0. The van der Waals surface area contributed by atoms with E-state index in [0.29, 0.717) is 24.2 Å². The summed E-state index contributed by atoms with van der Waals surface area (Å²) in [6.45, 7) is 3.34. The SMILES string of the molecule is CCN(CC)C(=O)c1ccccc1C(CF)CF. The fourth-order valence-corrected chi connectivity index (χ4v) is 1.94. The molecule has 0 aliphatic heterocycles. The number of halogens is 2. The number of hydrogen-bond acceptors (Lipinski definition) is 1. The van der Waals surface area contributed by atoms with Gasteiger partial charge in [-0.2, -0.15) is 0 Å². The number of nitrogens with zero attached hydrogens (tertiary/aromatic N) is 1. The molecule has 1 aromatic carbocycles. The lowest BCUT2D eigenvalue weighted by molar-refractivity contribution is 0.0771. The third-order valence-electron chi connectivity index (χ3n) is 3.05. The normalized spacial score (nSPS) is 10.7. The van der Waals surface area contributed by atoms with Crippen molar-refractivity contribution in [3.63, 3.8) is 0 Å². The van der Waals surface area contributed by atoms with Gasteiger partial charge in [-0.3, -0.25) is 13.6 Å². The molecule has 18 heavy (non-hydrogen) atoms. The van der Waals surface area contributed by atoms with Gasteiger partial charge in [0.05, 0.1) is 13.3 Å². The van der Waals surface area contributed by atoms with Gasteiger partial charge in [0.2, 0.25) is 0 Å². The molecule has 0 bridgehead atoms. The summed E-state index contributed by atoms with van der Waals surface area (Å²) in [7, 11) is 0. The van der Waals surface area contributed by atoms with Gasteiger partial charge in [0, 0.05) is 24.6 Å². The number of alkyl halides is 2. The first-order valence-electron chi connectivity index (χ1n) is 6.19. The Kier molecular flexibility index (Phi) is 5.75. The lowest BCUT2D eigenvalue weighted by Gasteiger charge is -2.22. The van der Waals surface area contributed by atoms with E-state index in [4.69, 9.17) is 0 Å². The maximum absolute atomic E-state index is 12.8. The van der Waals surface area contributed by atoms with Gasteiger partial charge < -0.3 is 4.90 Å². The van der Waals surface area contributed by atoms with Crippen LogP contribution in [0, 0.1) is 0 Å². The molecule has 0 radical (unpaired) electrons. The molecule has 100 valence electrons. The molecule has 0 unspecified atom stereocenters. The van der Waals surface area contributed by atoms with Crippen LogP contribution in [-0.2, 0) is 0 Å². The van der Waals surface area contributed by atoms with E-state index in [9.17, 15) is 13.6 Å². The van der Waals surface area contributed by atoms with E-state index in [1.807, 2.05) is 13.8 Å². The molecular formula is C14H19F2NO. The molecule has 1 rings (SSSR count). The molecular weight excluding hydrogens is 236 g/mol. The van der Waals surface area contributed by atoms with Crippen molar-refractivity contribution in [2.24, 2.45) is 0 Å². The summed E-state index contributed by atoms with van der Waals surface area (Å²) in [4.78, 5) is 13.9. The van der Waals surface area contributed by atoms with E-state index in [2.05, 4.69) is 0 Å². The Morgan fingerprint density at radius 2 is 1.72 bits per heavy atom. The van der Waals surface area contributed by atoms with E-state index in [1.165, 1.54) is 0 Å². The van der Waals surface area contributed by atoms with Gasteiger partial charge >= 0.3 is 0 Å². The summed E-state index contributed by atoms with van der Waals surface area (Å²) >= 11 is 0. The molecule has 0 heterocycles. The number of amides is 1. The van der Waals surface area contributed by atoms with Gasteiger partial charge in [-0.05, 0) is 25.5 Å². The maximum Gasteiger partial charge on any atom is 0.254 e. The minimum Gasteiger partial charge on any atom is -0.339 e. The number of benzene rings is 1. The predicted octanol–water partition coefficient (Wildman–Crippen LogP) is 3.19. The van der Waals surface area contributed by atoms with Crippen molar-refractivity contribution in [1.29, 1.82) is 0 Å². The molecule has 0 fully saturated rings. The van der Waals surface area contributed by atoms with Gasteiger partial charge in [0.25, 0.3) is 5.91 Å². The topological polar surface area (TPSA) is 20.3 Å². The molecule has 1 aromatic rings. The molecule has 0 saturated carbocycles. The first kappa shape index (κ1) is 14.6. The first-order valence-corrected chi connectivity index (χ1v) is 6.19. The Morgan fingerprint density at radius 1 is 1.17 bits per heavy atom. The molecule has 2 nitrogen and oxygen atoms in total. The second-order valence-electron chi connectivity index (χ2n) is 4.07. The Morgan fingerprint density at radius 3 is 2.22 bits per heavy atom. The van der Waals surface area contributed by atoms with Crippen molar-refractivity contribution < 1.29 is 13.6 Å². The van der Waals surface area contributed by atoms with Gasteiger partial charge in [0.15, 0.2) is 0 Å². The lowest BCUT2D eigenvalue weighted by Crippen LogP contribution is -2.31. The van der Waals surface area contributed by atoms with E-state index < -0.39 is 19.3 Å². The van der Waals surface area contributed by atoms with Crippen molar-refractivity contribution in [2.45, 2.75) is 19.8 Å². The third-order valence-corrected chi connectivity index (χ3v) is 3.05. The highest BCUT2D eigenvalue weighted by Gasteiger charge is 2.21. The quantitative estimate of drug-likeness (QED) is 0.764. The van der Waals surface area contributed by atoms with E-state index >= 15 is 0 Å². The van der Waals surface area contributed by atoms with Crippen LogP contribution in [0.1, 0.15) is 35.7 Å². The number of rotatable bonds is 6. The predicted molar refractivity (Wildman–Crippen MR) is 68.4 cm³/mol. The number of carbonyl (C=O) groups is 1. The lowest BCUT2D eigenvalue weighted by atomic mass is 9.95. The van der Waals surface area contributed by atoms with E-state index in [1.54, 1.807) is 29.2 Å². The monoisotopic (exact) mass is 255 g/mol. The fraction of sp³-hybridized carbons (Fsp3) is 0.500. The zero-order valence-electron chi connectivity index (χ0n) is 10.8. The van der Waals surface area contributed by atoms with Crippen molar-refractivity contribution in [2.75, 3.05) is 26.4 Å². The smallest absolute Gasteiger partial charge is 0.254 e. The molecule has 0 N–H and O–H groups in total. The summed E-state index contributed by atoms with van der Waals surface area (Å²) in [6, 6.07) is 6.68. The fourth-order valence-electron chi connectivity index (χ4n) is 1.94. The van der Waals surface area contributed by atoms with Gasteiger partial charge in [-0.25, -0.2) is 0 Å². The summed E-state index contributed by atoms with van der Waals surface area (Å²) in [5.74, 6) is -1.01. The minimum atomic E-state index is -0.847. The average molecular weight is 255 g/mol. The molecule has 0 atom stereocenters. The third kappa shape index (κ3) is 3.06. The van der Waals surface area contributed by atoms with E-state index in [0.717, 1.165) is 0 Å². The molecule has 0 saturated heterocycles. The second-order valence-corrected chi connectivity index (χ2v) is 4.07. The van der Waals surface area contributed by atoms with E-state index in [-0.39, 0.29) is 5.91 Å². The average Bonchev–Trinajstić information content (AvgIpc) is 2.42. The van der Waals surface area contributed by atoms with Crippen LogP contribution >= 0.6 is 0 Å². The molecule has 0 aliphatic rings. The van der Waals surface area contributed by atoms with Crippen molar-refractivity contribution in [3.8, 4) is 0 Å². The summed E-state index contributed by atoms with van der Waals surface area (Å²) in [5.41, 5.74) is 0.862. The number of hydrogen-bond donors (Lipinski definition) is 0. The van der Waals surface area contributed by atoms with Gasteiger partial charge in [0.1, 0.15) is 0 Å². The highest BCUT2D eigenvalue weighted by Crippen LogP contribution is 2.22. The minimum absolute atomic E-state index is 0.164. The Labute approximate surface area is 107 Å². The molecule has 0 aliphatic carbocycles. The van der Waals surface area contributed by atoms with Crippen LogP contribution in [-0.4, -0.2) is 37.2 Å². The largest absolute Gasteiger partial charge is 0.339 e. The maximum atomic E-state index is 12.8. The molecule has 0 spiro atoms. The molecule has 0 aromatic heterocycles. The van der Waals surface area contributed by atoms with Gasteiger partial charge in [-0.1, -0.05) is 18.2 Å². The molecule has 4 heteroatoms. The van der Waals surface area contributed by atoms with Gasteiger partial charge in [-0.15, -0.1) is 0 Å². The second kappa shape index (κ2) is 7.09. The van der Waals surface area contributed by atoms with Crippen LogP contribution in [0.3, 0.4) is 0 Å². The van der Waals surface area contributed by atoms with Crippen molar-refractivity contribution in [3.05, 3.63) is 35.4 Å². The van der Waals surface area contributed by atoms with Crippen molar-refractivity contribution >= 4 is 5.91 Å². The Balaban J connectivity index is 3.12. The highest BCUT2D eigenvalue weighted by atomic mass is 19.1.